The van der Waals surface area contributed by atoms with Crippen molar-refractivity contribution >= 4 is 11.0 Å². The van der Waals surface area contributed by atoms with E-state index in [0.29, 0.717) is 6.54 Å². The van der Waals surface area contributed by atoms with Crippen LogP contribution in [0.15, 0.2) is 30.7 Å². The number of aromatic nitrogens is 4. The van der Waals surface area contributed by atoms with Gasteiger partial charge in [0.15, 0.2) is 5.82 Å². The molecule has 18 heavy (non-hydrogen) atoms. The first-order valence-corrected chi connectivity index (χ1v) is 5.83. The fourth-order valence-electron chi connectivity index (χ4n) is 2.12. The van der Waals surface area contributed by atoms with E-state index in [9.17, 15) is 0 Å². The Labute approximate surface area is 105 Å². The molecule has 2 N–H and O–H groups in total. The molecule has 1 aromatic carbocycles. The Hall–Kier alpha value is -2.14. The molecule has 5 nitrogen and oxygen atoms in total. The van der Waals surface area contributed by atoms with Crippen LogP contribution in [0.4, 0.5) is 0 Å². The Kier molecular flexibility index (Phi) is 2.41. The molecule has 0 spiro atoms. The van der Waals surface area contributed by atoms with Gasteiger partial charge in [-0.25, -0.2) is 9.97 Å². The van der Waals surface area contributed by atoms with Crippen molar-refractivity contribution in [3.05, 3.63) is 36.3 Å². The Balaban J connectivity index is 2.22. The lowest BCUT2D eigenvalue weighted by molar-refractivity contribution is 0.912. The van der Waals surface area contributed by atoms with Crippen LogP contribution in [0.2, 0.25) is 0 Å². The summed E-state index contributed by atoms with van der Waals surface area (Å²) >= 11 is 0. The number of benzene rings is 1. The van der Waals surface area contributed by atoms with Gasteiger partial charge in [-0.2, -0.15) is 0 Å². The van der Waals surface area contributed by atoms with Crippen LogP contribution in [0.3, 0.4) is 0 Å². The number of imidazole rings is 2. The van der Waals surface area contributed by atoms with E-state index in [2.05, 4.69) is 20.6 Å². The molecule has 0 atom stereocenters. The minimum atomic E-state index is 0.542. The Bertz CT molecular complexity index is 707. The summed E-state index contributed by atoms with van der Waals surface area (Å²) in [7, 11) is 3.95. The fourth-order valence-corrected chi connectivity index (χ4v) is 2.12. The lowest BCUT2D eigenvalue weighted by Gasteiger charge is -2.00. The summed E-state index contributed by atoms with van der Waals surface area (Å²) in [5.74, 6) is 0.875. The Morgan fingerprint density at radius 2 is 2.11 bits per heavy atom. The molecule has 0 aliphatic heterocycles. The first kappa shape index (κ1) is 11.0. The van der Waals surface area contributed by atoms with Crippen LogP contribution in [0.1, 0.15) is 5.56 Å². The monoisotopic (exact) mass is 241 g/mol. The molecule has 2 heterocycles. The van der Waals surface area contributed by atoms with Crippen molar-refractivity contribution in [2.45, 2.75) is 6.54 Å². The average molecular weight is 241 g/mol. The number of hydrogen-bond acceptors (Lipinski definition) is 3. The molecule has 0 fully saturated rings. The molecule has 2 aromatic heterocycles. The summed E-state index contributed by atoms with van der Waals surface area (Å²) in [6.07, 6.45) is 3.74. The van der Waals surface area contributed by atoms with Gasteiger partial charge in [-0.3, -0.25) is 0 Å². The minimum absolute atomic E-state index is 0.542. The molecular formula is C13H15N5. The van der Waals surface area contributed by atoms with Crippen molar-refractivity contribution in [2.24, 2.45) is 19.8 Å². The van der Waals surface area contributed by atoms with Crippen molar-refractivity contribution in [1.82, 2.24) is 19.1 Å². The summed E-state index contributed by atoms with van der Waals surface area (Å²) in [5, 5.41) is 0. The summed E-state index contributed by atoms with van der Waals surface area (Å²) in [4.78, 5) is 8.96. The van der Waals surface area contributed by atoms with Crippen molar-refractivity contribution in [2.75, 3.05) is 0 Å². The van der Waals surface area contributed by atoms with E-state index < -0.39 is 0 Å². The van der Waals surface area contributed by atoms with Crippen molar-refractivity contribution in [1.29, 1.82) is 0 Å². The molecule has 0 saturated heterocycles. The third-order valence-electron chi connectivity index (χ3n) is 3.11. The normalized spacial score (nSPS) is 11.3. The van der Waals surface area contributed by atoms with Gasteiger partial charge in [-0.15, -0.1) is 0 Å². The number of rotatable bonds is 2. The highest BCUT2D eigenvalue weighted by Crippen LogP contribution is 2.22. The van der Waals surface area contributed by atoms with Crippen LogP contribution in [-0.4, -0.2) is 19.1 Å². The Morgan fingerprint density at radius 3 is 2.78 bits per heavy atom. The maximum atomic E-state index is 5.67. The van der Waals surface area contributed by atoms with Gasteiger partial charge in [0.2, 0.25) is 0 Å². The molecule has 0 amide bonds. The molecule has 0 saturated carbocycles. The first-order chi connectivity index (χ1) is 8.69. The fraction of sp³-hybridized carbons (Fsp3) is 0.231. The van der Waals surface area contributed by atoms with Crippen LogP contribution >= 0.6 is 0 Å². The van der Waals surface area contributed by atoms with Crippen molar-refractivity contribution in [3.63, 3.8) is 0 Å². The van der Waals surface area contributed by atoms with Crippen LogP contribution < -0.4 is 5.73 Å². The molecule has 3 rings (SSSR count). The number of nitrogens with zero attached hydrogens (tertiary/aromatic N) is 4. The number of fused-ring (bicyclic) bond motifs is 1. The highest BCUT2D eigenvalue weighted by Gasteiger charge is 2.11. The summed E-state index contributed by atoms with van der Waals surface area (Å²) in [5.41, 5.74) is 9.71. The summed E-state index contributed by atoms with van der Waals surface area (Å²) in [6.45, 7) is 0.542. The largest absolute Gasteiger partial charge is 0.340 e. The van der Waals surface area contributed by atoms with Crippen molar-refractivity contribution in [3.8, 4) is 11.5 Å². The third-order valence-corrected chi connectivity index (χ3v) is 3.11. The molecule has 3 aromatic rings. The Morgan fingerprint density at radius 1 is 1.28 bits per heavy atom. The molecule has 0 aliphatic carbocycles. The lowest BCUT2D eigenvalue weighted by Crippen LogP contribution is -1.97. The second-order valence-electron chi connectivity index (χ2n) is 4.45. The number of nitrogens with two attached hydrogens (primary N) is 1. The van der Waals surface area contributed by atoms with Gasteiger partial charge in [0.25, 0.3) is 0 Å². The van der Waals surface area contributed by atoms with E-state index in [-0.39, 0.29) is 0 Å². The smallest absolute Gasteiger partial charge is 0.161 e. The second kappa shape index (κ2) is 3.96. The van der Waals surface area contributed by atoms with E-state index in [1.54, 1.807) is 6.33 Å². The molecule has 92 valence electrons. The predicted molar refractivity (Wildman–Crippen MR) is 70.8 cm³/mol. The van der Waals surface area contributed by atoms with Crippen molar-refractivity contribution < 1.29 is 0 Å². The topological polar surface area (TPSA) is 61.7 Å². The highest BCUT2D eigenvalue weighted by molar-refractivity contribution is 5.80. The zero-order valence-corrected chi connectivity index (χ0v) is 10.5. The standard InChI is InChI=1S/C13H15N5/c1-17-7-11(15-8-17)13-16-10-4-3-9(6-14)5-12(10)18(13)2/h3-5,7-8H,6,14H2,1-2H3. The SMILES string of the molecule is Cn1cnc(-c2nc3ccc(CN)cc3n2C)c1. The summed E-state index contributed by atoms with van der Waals surface area (Å²) < 4.78 is 3.97. The quantitative estimate of drug-likeness (QED) is 0.738. The van der Waals surface area contributed by atoms with Gasteiger partial charge in [0.05, 0.1) is 17.4 Å². The maximum absolute atomic E-state index is 5.67. The van der Waals surface area contributed by atoms with Crippen LogP contribution in [0, 0.1) is 0 Å². The third kappa shape index (κ3) is 1.60. The molecule has 0 aliphatic rings. The average Bonchev–Trinajstić information content (AvgIpc) is 2.94. The molecule has 5 heteroatoms. The van der Waals surface area contributed by atoms with Gasteiger partial charge in [0, 0.05) is 26.8 Å². The molecule has 0 unspecified atom stereocenters. The second-order valence-corrected chi connectivity index (χ2v) is 4.45. The van der Waals surface area contributed by atoms with E-state index in [4.69, 9.17) is 5.73 Å². The van der Waals surface area contributed by atoms with E-state index in [0.717, 1.165) is 28.1 Å². The zero-order valence-electron chi connectivity index (χ0n) is 10.5. The van der Waals surface area contributed by atoms with Gasteiger partial charge in [-0.1, -0.05) is 6.07 Å². The highest BCUT2D eigenvalue weighted by atomic mass is 15.1. The number of aryl methyl sites for hydroxylation is 2. The lowest BCUT2D eigenvalue weighted by atomic mass is 10.2. The zero-order chi connectivity index (χ0) is 12.7. The van der Waals surface area contributed by atoms with Crippen LogP contribution in [0.25, 0.3) is 22.6 Å². The van der Waals surface area contributed by atoms with Crippen LogP contribution in [-0.2, 0) is 20.6 Å². The van der Waals surface area contributed by atoms with Gasteiger partial charge >= 0.3 is 0 Å². The molecule has 0 radical (unpaired) electrons. The number of hydrogen-bond donors (Lipinski definition) is 1. The molecule has 0 bridgehead atoms. The minimum Gasteiger partial charge on any atom is -0.340 e. The van der Waals surface area contributed by atoms with Crippen LogP contribution in [0.5, 0.6) is 0 Å². The first-order valence-electron chi connectivity index (χ1n) is 5.83. The molecular weight excluding hydrogens is 226 g/mol. The summed E-state index contributed by atoms with van der Waals surface area (Å²) in [6, 6.07) is 6.09. The van der Waals surface area contributed by atoms with E-state index in [1.165, 1.54) is 0 Å². The van der Waals surface area contributed by atoms with E-state index >= 15 is 0 Å². The maximum Gasteiger partial charge on any atom is 0.161 e. The van der Waals surface area contributed by atoms with Gasteiger partial charge in [0.1, 0.15) is 5.69 Å². The predicted octanol–water partition coefficient (Wildman–Crippen LogP) is 1.43. The van der Waals surface area contributed by atoms with E-state index in [1.807, 2.05) is 37.0 Å². The van der Waals surface area contributed by atoms with Gasteiger partial charge in [-0.05, 0) is 17.7 Å². The van der Waals surface area contributed by atoms with Gasteiger partial charge < -0.3 is 14.9 Å².